The Labute approximate surface area is 413 Å². The van der Waals surface area contributed by atoms with Crippen molar-refractivity contribution in [1.82, 2.24) is 9.13 Å². The lowest BCUT2D eigenvalue weighted by Gasteiger charge is -2.30. The molecule has 2 heterocycles. The Morgan fingerprint density at radius 3 is 1.20 bits per heavy atom. The van der Waals surface area contributed by atoms with Crippen LogP contribution in [0.3, 0.4) is 0 Å². The van der Waals surface area contributed by atoms with E-state index in [1.165, 1.54) is 76.6 Å². The van der Waals surface area contributed by atoms with Gasteiger partial charge < -0.3 is 18.9 Å². The lowest BCUT2D eigenvalue weighted by atomic mass is 9.81. The van der Waals surface area contributed by atoms with Crippen LogP contribution in [0.2, 0.25) is 0 Å². The number of aromatic nitrogens is 2. The van der Waals surface area contributed by atoms with E-state index in [9.17, 15) is 0 Å². The van der Waals surface area contributed by atoms with E-state index in [1.807, 2.05) is 0 Å². The Bertz CT molecular complexity index is 4110. The standard InChI is InChI=1S/C67H48N4/c1-67(2)59-43-51(68(45-21-5-3-6-22-45)47-25-19-27-49(41-47)70-61-35-15-11-29-52(61)53-30-12-16-36-62(53)70)39-40-58(59)66-57-34-10-9-33-56(57)65(44-60(66)67)69(46-23-7-4-8-24-46)48-26-20-28-50(42-48)71-63-37-17-13-31-54(63)55-32-14-18-38-64(55)71/h3-44H,1-2H3. The second-order valence-electron chi connectivity index (χ2n) is 19.3. The molecule has 0 spiro atoms. The molecule has 0 N–H and O–H groups in total. The number of benzene rings is 11. The number of nitrogens with zero attached hydrogens (tertiary/aromatic N) is 4. The maximum absolute atomic E-state index is 2.49. The fourth-order valence-corrected chi connectivity index (χ4v) is 11.8. The van der Waals surface area contributed by atoms with E-state index < -0.39 is 0 Å². The molecule has 0 saturated heterocycles. The fraction of sp³-hybridized carbons (Fsp3) is 0.0448. The molecule has 2 aromatic heterocycles. The third-order valence-electron chi connectivity index (χ3n) is 15.0. The third kappa shape index (κ3) is 6.31. The van der Waals surface area contributed by atoms with Gasteiger partial charge in [0.05, 0.1) is 27.8 Å². The normalized spacial score (nSPS) is 12.8. The molecular weight excluding hydrogens is 861 g/mol. The van der Waals surface area contributed by atoms with E-state index in [0.717, 1.165) is 45.5 Å². The first kappa shape index (κ1) is 40.9. The maximum atomic E-state index is 2.49. The molecule has 14 rings (SSSR count). The molecule has 1 aliphatic carbocycles. The number of anilines is 6. The summed E-state index contributed by atoms with van der Waals surface area (Å²) >= 11 is 0. The summed E-state index contributed by atoms with van der Waals surface area (Å²) in [5, 5.41) is 7.47. The zero-order valence-corrected chi connectivity index (χ0v) is 39.5. The number of fused-ring (bicyclic) bond motifs is 11. The van der Waals surface area contributed by atoms with Gasteiger partial charge in [-0.1, -0.05) is 166 Å². The monoisotopic (exact) mass is 908 g/mol. The summed E-state index contributed by atoms with van der Waals surface area (Å²) in [6, 6.07) is 93.4. The zero-order chi connectivity index (χ0) is 47.2. The summed E-state index contributed by atoms with van der Waals surface area (Å²) < 4.78 is 4.82. The first-order chi connectivity index (χ1) is 35.0. The number of hydrogen-bond donors (Lipinski definition) is 0. The van der Waals surface area contributed by atoms with Gasteiger partial charge >= 0.3 is 0 Å². The SMILES string of the molecule is CC1(C)c2cc(N(c3ccccc3)c3cccc(-n4c5ccccc5c5ccccc54)c3)ccc2-c2c1cc(N(c1ccccc1)c1cccc(-n3c4ccccc4c4ccccc43)c1)c1ccccc21. The van der Waals surface area contributed by atoms with Crippen molar-refractivity contribution >= 4 is 88.5 Å². The van der Waals surface area contributed by atoms with Crippen LogP contribution in [0.5, 0.6) is 0 Å². The highest BCUT2D eigenvalue weighted by Crippen LogP contribution is 2.56. The van der Waals surface area contributed by atoms with Crippen molar-refractivity contribution in [2.24, 2.45) is 0 Å². The minimum absolute atomic E-state index is 0.334. The molecule has 0 unspecified atom stereocenters. The molecular formula is C67H48N4. The highest BCUT2D eigenvalue weighted by Gasteiger charge is 2.39. The van der Waals surface area contributed by atoms with Crippen molar-refractivity contribution in [3.8, 4) is 22.5 Å². The zero-order valence-electron chi connectivity index (χ0n) is 39.5. The molecule has 0 fully saturated rings. The van der Waals surface area contributed by atoms with Gasteiger partial charge in [0.1, 0.15) is 0 Å². The third-order valence-corrected chi connectivity index (χ3v) is 15.0. The van der Waals surface area contributed by atoms with Crippen molar-refractivity contribution in [2.75, 3.05) is 9.80 Å². The van der Waals surface area contributed by atoms with Crippen LogP contribution in [-0.4, -0.2) is 9.13 Å². The highest BCUT2D eigenvalue weighted by atomic mass is 15.2. The van der Waals surface area contributed by atoms with Crippen LogP contribution < -0.4 is 9.80 Å². The lowest BCUT2D eigenvalue weighted by Crippen LogP contribution is -2.18. The molecule has 4 nitrogen and oxygen atoms in total. The quantitative estimate of drug-likeness (QED) is 0.151. The maximum Gasteiger partial charge on any atom is 0.0543 e. The number of para-hydroxylation sites is 6. The van der Waals surface area contributed by atoms with Gasteiger partial charge in [0.2, 0.25) is 0 Å². The van der Waals surface area contributed by atoms with Crippen LogP contribution in [0.25, 0.3) is 76.9 Å². The Morgan fingerprint density at radius 1 is 0.296 bits per heavy atom. The second kappa shape index (κ2) is 16.0. The predicted octanol–water partition coefficient (Wildman–Crippen LogP) is 18.3. The van der Waals surface area contributed by atoms with Crippen molar-refractivity contribution in [3.63, 3.8) is 0 Å². The van der Waals surface area contributed by atoms with Gasteiger partial charge in [-0.25, -0.2) is 0 Å². The molecule has 336 valence electrons. The Balaban J connectivity index is 0.927. The molecule has 13 aromatic rings. The van der Waals surface area contributed by atoms with Crippen LogP contribution in [0.1, 0.15) is 25.0 Å². The average Bonchev–Trinajstić information content (AvgIpc) is 4.03. The van der Waals surface area contributed by atoms with Gasteiger partial charge in [0.15, 0.2) is 0 Å². The summed E-state index contributed by atoms with van der Waals surface area (Å²) in [6.07, 6.45) is 0. The van der Waals surface area contributed by atoms with Crippen molar-refractivity contribution in [1.29, 1.82) is 0 Å². The molecule has 4 heteroatoms. The van der Waals surface area contributed by atoms with Gasteiger partial charge in [-0.05, 0) is 131 Å². The molecule has 0 amide bonds. The van der Waals surface area contributed by atoms with Crippen molar-refractivity contribution < 1.29 is 0 Å². The van der Waals surface area contributed by atoms with Crippen molar-refractivity contribution in [3.05, 3.63) is 266 Å². The van der Waals surface area contributed by atoms with Gasteiger partial charge in [-0.2, -0.15) is 0 Å². The van der Waals surface area contributed by atoms with Crippen LogP contribution >= 0.6 is 0 Å². The Kier molecular flexibility index (Phi) is 9.21. The molecule has 0 atom stereocenters. The largest absolute Gasteiger partial charge is 0.310 e. The molecule has 1 aliphatic rings. The predicted molar refractivity (Wildman–Crippen MR) is 300 cm³/mol. The molecule has 0 saturated carbocycles. The van der Waals surface area contributed by atoms with E-state index in [1.54, 1.807) is 0 Å². The number of hydrogen-bond acceptors (Lipinski definition) is 2. The topological polar surface area (TPSA) is 16.3 Å². The summed E-state index contributed by atoms with van der Waals surface area (Å²) in [6.45, 7) is 4.82. The summed E-state index contributed by atoms with van der Waals surface area (Å²) in [5.74, 6) is 0. The smallest absolute Gasteiger partial charge is 0.0543 e. The molecule has 0 radical (unpaired) electrons. The van der Waals surface area contributed by atoms with Crippen molar-refractivity contribution in [2.45, 2.75) is 19.3 Å². The van der Waals surface area contributed by atoms with E-state index in [2.05, 4.69) is 288 Å². The van der Waals surface area contributed by atoms with Crippen LogP contribution in [0, 0.1) is 0 Å². The van der Waals surface area contributed by atoms with Gasteiger partial charge in [0, 0.05) is 72.2 Å². The lowest BCUT2D eigenvalue weighted by molar-refractivity contribution is 0.661. The summed E-state index contributed by atoms with van der Waals surface area (Å²) in [7, 11) is 0. The van der Waals surface area contributed by atoms with E-state index in [-0.39, 0.29) is 5.41 Å². The first-order valence-corrected chi connectivity index (χ1v) is 24.6. The molecule has 11 aromatic carbocycles. The molecule has 0 aliphatic heterocycles. The minimum atomic E-state index is -0.334. The van der Waals surface area contributed by atoms with E-state index in [4.69, 9.17) is 0 Å². The van der Waals surface area contributed by atoms with E-state index >= 15 is 0 Å². The number of rotatable bonds is 8. The average molecular weight is 909 g/mol. The van der Waals surface area contributed by atoms with Gasteiger partial charge in [0.25, 0.3) is 0 Å². The Hall–Kier alpha value is -9.12. The van der Waals surface area contributed by atoms with Crippen LogP contribution in [0.4, 0.5) is 34.1 Å². The van der Waals surface area contributed by atoms with Crippen LogP contribution in [0.15, 0.2) is 255 Å². The van der Waals surface area contributed by atoms with Gasteiger partial charge in [-0.3, -0.25) is 0 Å². The second-order valence-corrected chi connectivity index (χ2v) is 19.3. The fourth-order valence-electron chi connectivity index (χ4n) is 11.8. The van der Waals surface area contributed by atoms with Gasteiger partial charge in [-0.15, -0.1) is 0 Å². The summed E-state index contributed by atoms with van der Waals surface area (Å²) in [5.41, 5.74) is 18.6. The summed E-state index contributed by atoms with van der Waals surface area (Å²) in [4.78, 5) is 4.88. The molecule has 71 heavy (non-hydrogen) atoms. The van der Waals surface area contributed by atoms with Crippen LogP contribution in [-0.2, 0) is 5.41 Å². The van der Waals surface area contributed by atoms with E-state index in [0.29, 0.717) is 0 Å². The minimum Gasteiger partial charge on any atom is -0.310 e. The molecule has 0 bridgehead atoms. The first-order valence-electron chi connectivity index (χ1n) is 24.6. The highest BCUT2D eigenvalue weighted by molar-refractivity contribution is 6.12. The Morgan fingerprint density at radius 2 is 0.690 bits per heavy atom.